The smallest absolute Gasteiger partial charge is 0.374 e. The molecule has 0 bridgehead atoms. The molecule has 0 radical (unpaired) electrons. The van der Waals surface area contributed by atoms with Crippen molar-refractivity contribution in [2.75, 3.05) is 0 Å². The Balaban J connectivity index is 2.98. The van der Waals surface area contributed by atoms with Gasteiger partial charge < -0.3 is 21.1 Å². The van der Waals surface area contributed by atoms with Crippen molar-refractivity contribution in [1.82, 2.24) is 16.0 Å². The van der Waals surface area contributed by atoms with Crippen molar-refractivity contribution in [3.8, 4) is 0 Å². The van der Waals surface area contributed by atoms with Gasteiger partial charge in [0.15, 0.2) is 0 Å². The molecule has 0 spiro atoms. The Labute approximate surface area is 181 Å². The molecule has 0 heterocycles. The molecule has 0 aromatic rings. The lowest BCUT2D eigenvalue weighted by atomic mass is 9.95. The highest BCUT2D eigenvalue weighted by atomic mass is 19.3. The number of ketones is 1. The third-order valence-corrected chi connectivity index (χ3v) is 5.26. The fraction of sp³-hybridized carbons (Fsp3) is 0.810. The quantitative estimate of drug-likeness (QED) is 0.320. The maximum atomic E-state index is 13.0. The molecule has 0 aromatic carbocycles. The van der Waals surface area contributed by atoms with E-state index in [2.05, 4.69) is 16.0 Å². The van der Waals surface area contributed by atoms with Crippen LogP contribution in [0.1, 0.15) is 66.2 Å². The van der Waals surface area contributed by atoms with Crippen molar-refractivity contribution in [2.45, 2.75) is 96.8 Å². The minimum atomic E-state index is -2.98. The van der Waals surface area contributed by atoms with Crippen LogP contribution < -0.4 is 16.0 Å². The number of halogens is 2. The first-order valence-corrected chi connectivity index (χ1v) is 10.8. The van der Waals surface area contributed by atoms with Gasteiger partial charge in [-0.2, -0.15) is 0 Å². The number of nitrogens with one attached hydrogen (secondary N) is 3. The van der Waals surface area contributed by atoms with Crippen LogP contribution in [0.15, 0.2) is 0 Å². The third kappa shape index (κ3) is 9.28. The van der Waals surface area contributed by atoms with Gasteiger partial charge in [-0.05, 0) is 31.1 Å². The van der Waals surface area contributed by atoms with Gasteiger partial charge in [0.05, 0.1) is 6.04 Å². The van der Waals surface area contributed by atoms with Crippen molar-refractivity contribution in [3.63, 3.8) is 0 Å². The second-order valence-electron chi connectivity index (χ2n) is 8.89. The Morgan fingerprint density at radius 3 is 1.90 bits per heavy atom. The van der Waals surface area contributed by atoms with Crippen molar-refractivity contribution in [3.05, 3.63) is 0 Å². The SMILES string of the molecule is CC(C)C[C@H](NC(=O)[C@@H](NC(C)C)C1CCCC1)C(=O)NC(CC(F)F)C(=O)C(=O)O. The Hall–Kier alpha value is -2.10. The molecule has 31 heavy (non-hydrogen) atoms. The summed E-state index contributed by atoms with van der Waals surface area (Å²) in [6.07, 6.45) is -0.0510. The third-order valence-electron chi connectivity index (χ3n) is 5.26. The van der Waals surface area contributed by atoms with Crippen LogP contribution in [-0.4, -0.2) is 59.3 Å². The molecular formula is C21H35F2N3O5. The summed E-state index contributed by atoms with van der Waals surface area (Å²) in [5.41, 5.74) is 0. The molecule has 1 aliphatic carbocycles. The van der Waals surface area contributed by atoms with Crippen LogP contribution in [0.5, 0.6) is 0 Å². The number of Topliss-reactive ketones (excluding diaryl/α,β-unsaturated/α-hetero) is 1. The van der Waals surface area contributed by atoms with Crippen LogP contribution >= 0.6 is 0 Å². The minimum absolute atomic E-state index is 0.0252. The number of carbonyl (C=O) groups excluding carboxylic acids is 3. The van der Waals surface area contributed by atoms with Crippen molar-refractivity contribution < 1.29 is 33.1 Å². The number of carboxylic acid groups (broad SMARTS) is 1. The molecule has 8 nitrogen and oxygen atoms in total. The maximum Gasteiger partial charge on any atom is 0.374 e. The number of aliphatic carboxylic acids is 1. The number of amides is 2. The van der Waals surface area contributed by atoms with Crippen LogP contribution in [0.2, 0.25) is 0 Å². The van der Waals surface area contributed by atoms with E-state index in [4.69, 9.17) is 5.11 Å². The number of hydrogen-bond donors (Lipinski definition) is 4. The zero-order chi connectivity index (χ0) is 23.7. The number of carboxylic acids is 1. The van der Waals surface area contributed by atoms with Crippen LogP contribution in [0.4, 0.5) is 8.78 Å². The van der Waals surface area contributed by atoms with E-state index in [-0.39, 0.29) is 30.2 Å². The second kappa shape index (κ2) is 12.7. The average molecular weight is 448 g/mol. The summed E-state index contributed by atoms with van der Waals surface area (Å²) in [6.45, 7) is 7.48. The number of alkyl halides is 2. The lowest BCUT2D eigenvalue weighted by Gasteiger charge is -2.29. The van der Waals surface area contributed by atoms with Crippen molar-refractivity contribution >= 4 is 23.6 Å². The van der Waals surface area contributed by atoms with E-state index >= 15 is 0 Å². The summed E-state index contributed by atoms with van der Waals surface area (Å²) >= 11 is 0. The van der Waals surface area contributed by atoms with Gasteiger partial charge in [-0.3, -0.25) is 14.4 Å². The van der Waals surface area contributed by atoms with Gasteiger partial charge in [-0.1, -0.05) is 40.5 Å². The van der Waals surface area contributed by atoms with Crippen molar-refractivity contribution in [2.24, 2.45) is 11.8 Å². The Bertz CT molecular complexity index is 637. The molecule has 0 aliphatic heterocycles. The minimum Gasteiger partial charge on any atom is -0.475 e. The maximum absolute atomic E-state index is 13.0. The first kappa shape index (κ1) is 26.9. The average Bonchev–Trinajstić information content (AvgIpc) is 3.17. The predicted octanol–water partition coefficient (Wildman–Crippen LogP) is 1.87. The molecule has 1 aliphatic rings. The number of carbonyl (C=O) groups is 4. The highest BCUT2D eigenvalue weighted by Gasteiger charge is 2.35. The summed E-state index contributed by atoms with van der Waals surface area (Å²) in [5, 5.41) is 16.9. The van der Waals surface area contributed by atoms with Gasteiger partial charge in [-0.25, -0.2) is 13.6 Å². The fourth-order valence-corrected chi connectivity index (χ4v) is 3.87. The van der Waals surface area contributed by atoms with Crippen LogP contribution in [-0.2, 0) is 19.2 Å². The first-order valence-electron chi connectivity index (χ1n) is 10.8. The summed E-state index contributed by atoms with van der Waals surface area (Å²) in [4.78, 5) is 48.5. The zero-order valence-electron chi connectivity index (χ0n) is 18.6. The van der Waals surface area contributed by atoms with Crippen molar-refractivity contribution in [1.29, 1.82) is 0 Å². The summed E-state index contributed by atoms with van der Waals surface area (Å²) in [7, 11) is 0. The molecule has 0 aromatic heterocycles. The highest BCUT2D eigenvalue weighted by molar-refractivity contribution is 6.35. The van der Waals surface area contributed by atoms with E-state index in [0.29, 0.717) is 0 Å². The predicted molar refractivity (Wildman–Crippen MR) is 111 cm³/mol. The van der Waals surface area contributed by atoms with Gasteiger partial charge >= 0.3 is 5.97 Å². The molecule has 2 amide bonds. The second-order valence-corrected chi connectivity index (χ2v) is 8.89. The molecule has 3 atom stereocenters. The summed E-state index contributed by atoms with van der Waals surface area (Å²) in [6, 6.07) is -3.40. The van der Waals surface area contributed by atoms with E-state index in [1.54, 1.807) is 0 Å². The number of rotatable bonds is 13. The van der Waals surface area contributed by atoms with E-state index < -0.39 is 48.6 Å². The van der Waals surface area contributed by atoms with E-state index in [0.717, 1.165) is 25.7 Å². The lowest BCUT2D eigenvalue weighted by molar-refractivity contribution is -0.151. The zero-order valence-corrected chi connectivity index (χ0v) is 18.6. The number of hydrogen-bond acceptors (Lipinski definition) is 5. The lowest BCUT2D eigenvalue weighted by Crippen LogP contribution is -2.58. The van der Waals surface area contributed by atoms with Crippen LogP contribution in [0, 0.1) is 11.8 Å². The largest absolute Gasteiger partial charge is 0.475 e. The summed E-state index contributed by atoms with van der Waals surface area (Å²) in [5.74, 6) is -4.53. The van der Waals surface area contributed by atoms with Gasteiger partial charge in [-0.15, -0.1) is 0 Å². The molecule has 178 valence electrons. The van der Waals surface area contributed by atoms with Crippen LogP contribution in [0.25, 0.3) is 0 Å². The Kier molecular flexibility index (Phi) is 11.0. The molecule has 0 saturated heterocycles. The summed E-state index contributed by atoms with van der Waals surface area (Å²) < 4.78 is 25.6. The van der Waals surface area contributed by atoms with E-state index in [1.807, 2.05) is 27.7 Å². The van der Waals surface area contributed by atoms with Gasteiger partial charge in [0, 0.05) is 12.5 Å². The highest BCUT2D eigenvalue weighted by Crippen LogP contribution is 2.28. The molecule has 4 N–H and O–H groups in total. The van der Waals surface area contributed by atoms with Gasteiger partial charge in [0.25, 0.3) is 5.78 Å². The fourth-order valence-electron chi connectivity index (χ4n) is 3.87. The molecule has 1 unspecified atom stereocenters. The molecular weight excluding hydrogens is 412 g/mol. The molecule has 1 fully saturated rings. The normalized spacial score (nSPS) is 17.6. The Morgan fingerprint density at radius 1 is 0.903 bits per heavy atom. The molecule has 10 heteroatoms. The van der Waals surface area contributed by atoms with Gasteiger partial charge in [0.2, 0.25) is 18.2 Å². The standard InChI is InChI=1S/C21H35F2N3O5/c1-11(2)9-15(19(28)25-14(10-16(22)23)18(27)21(30)31)26-20(29)17(24-12(3)4)13-7-5-6-8-13/h11-17,24H,5-10H2,1-4H3,(H,25,28)(H,26,29)(H,30,31)/t14?,15-,17-/m0/s1. The molecule has 1 saturated carbocycles. The van der Waals surface area contributed by atoms with Gasteiger partial charge in [0.1, 0.15) is 12.1 Å². The van der Waals surface area contributed by atoms with Crippen LogP contribution in [0.3, 0.4) is 0 Å². The van der Waals surface area contributed by atoms with E-state index in [9.17, 15) is 28.0 Å². The van der Waals surface area contributed by atoms with E-state index in [1.165, 1.54) is 0 Å². The first-order chi connectivity index (χ1) is 14.4. The topological polar surface area (TPSA) is 125 Å². The molecule has 1 rings (SSSR count). The monoisotopic (exact) mass is 447 g/mol. The Morgan fingerprint density at radius 2 is 1.45 bits per heavy atom.